The molecule has 0 bridgehead atoms. The highest BCUT2D eigenvalue weighted by atomic mass is 35.5. The minimum absolute atomic E-state index is 0.0466. The Kier molecular flexibility index (Phi) is 5.18. The highest BCUT2D eigenvalue weighted by Crippen LogP contribution is 2.18. The maximum Gasteiger partial charge on any atom is 0.240 e. The van der Waals surface area contributed by atoms with Crippen LogP contribution in [0.2, 0.25) is 5.02 Å². The lowest BCUT2D eigenvalue weighted by Gasteiger charge is -2.13. The molecule has 0 saturated heterocycles. The van der Waals surface area contributed by atoms with Gasteiger partial charge in [-0.05, 0) is 48.4 Å². The van der Waals surface area contributed by atoms with Gasteiger partial charge in [-0.25, -0.2) is 17.5 Å². The molecule has 22 heavy (non-hydrogen) atoms. The molecule has 2 N–H and O–H groups in total. The van der Waals surface area contributed by atoms with Gasteiger partial charge in [0.1, 0.15) is 5.82 Å². The third-order valence-electron chi connectivity index (χ3n) is 3.16. The minimum Gasteiger partial charge on any atom is -0.387 e. The Balaban J connectivity index is 2.09. The van der Waals surface area contributed by atoms with Crippen LogP contribution in [0.25, 0.3) is 0 Å². The number of rotatable bonds is 5. The van der Waals surface area contributed by atoms with E-state index in [1.54, 1.807) is 24.3 Å². The number of hydrogen-bond donors (Lipinski definition) is 2. The molecule has 2 aromatic carbocycles. The molecule has 7 heteroatoms. The fraction of sp³-hybridized carbons (Fsp3) is 0.200. The lowest BCUT2D eigenvalue weighted by Crippen LogP contribution is -2.28. The minimum atomic E-state index is -3.81. The zero-order valence-corrected chi connectivity index (χ0v) is 13.3. The molecule has 0 amide bonds. The van der Waals surface area contributed by atoms with Crippen LogP contribution in [0.15, 0.2) is 47.4 Å². The molecule has 0 aliphatic rings. The van der Waals surface area contributed by atoms with Gasteiger partial charge in [-0.1, -0.05) is 23.7 Å². The molecule has 0 aliphatic heterocycles. The van der Waals surface area contributed by atoms with Crippen LogP contribution in [0.5, 0.6) is 0 Å². The molecule has 0 spiro atoms. The molecule has 0 radical (unpaired) electrons. The van der Waals surface area contributed by atoms with Crippen molar-refractivity contribution >= 4 is 21.6 Å². The fourth-order valence-electron chi connectivity index (χ4n) is 1.86. The predicted molar refractivity (Wildman–Crippen MR) is 82.7 cm³/mol. The predicted octanol–water partition coefficient (Wildman–Crippen LogP) is 2.80. The van der Waals surface area contributed by atoms with E-state index in [4.69, 9.17) is 11.6 Å². The first kappa shape index (κ1) is 16.9. The maximum absolute atomic E-state index is 13.2. The van der Waals surface area contributed by atoms with Crippen molar-refractivity contribution in [2.75, 3.05) is 6.54 Å². The van der Waals surface area contributed by atoms with Crippen molar-refractivity contribution in [1.29, 1.82) is 0 Å². The van der Waals surface area contributed by atoms with Gasteiger partial charge in [0.15, 0.2) is 0 Å². The largest absolute Gasteiger partial charge is 0.387 e. The Morgan fingerprint density at radius 3 is 2.45 bits per heavy atom. The average Bonchev–Trinajstić information content (AvgIpc) is 2.48. The SMILES string of the molecule is Cc1cc(S(=O)(=O)NCC(O)c2ccc(Cl)cc2)ccc1F. The van der Waals surface area contributed by atoms with Crippen LogP contribution in [0.4, 0.5) is 4.39 Å². The number of hydrogen-bond acceptors (Lipinski definition) is 3. The van der Waals surface area contributed by atoms with Crippen molar-refractivity contribution < 1.29 is 17.9 Å². The summed E-state index contributed by atoms with van der Waals surface area (Å²) in [7, 11) is -3.81. The molecule has 2 aromatic rings. The molecule has 2 rings (SSSR count). The highest BCUT2D eigenvalue weighted by Gasteiger charge is 2.17. The number of halogens is 2. The smallest absolute Gasteiger partial charge is 0.240 e. The molecular formula is C15H15ClFNO3S. The van der Waals surface area contributed by atoms with E-state index in [-0.39, 0.29) is 17.0 Å². The number of aliphatic hydroxyl groups is 1. The Morgan fingerprint density at radius 1 is 1.23 bits per heavy atom. The second-order valence-corrected chi connectivity index (χ2v) is 7.03. The van der Waals surface area contributed by atoms with Crippen molar-refractivity contribution in [2.45, 2.75) is 17.9 Å². The zero-order valence-electron chi connectivity index (χ0n) is 11.8. The van der Waals surface area contributed by atoms with Crippen LogP contribution >= 0.6 is 11.6 Å². The summed E-state index contributed by atoms with van der Waals surface area (Å²) in [5, 5.41) is 10.5. The van der Waals surface area contributed by atoms with Gasteiger partial charge in [0, 0.05) is 11.6 Å². The number of nitrogens with one attached hydrogen (secondary N) is 1. The molecule has 0 heterocycles. The Labute approximate surface area is 133 Å². The summed E-state index contributed by atoms with van der Waals surface area (Å²) >= 11 is 5.75. The van der Waals surface area contributed by atoms with E-state index < -0.39 is 21.9 Å². The summed E-state index contributed by atoms with van der Waals surface area (Å²) in [5.41, 5.74) is 0.781. The molecular weight excluding hydrogens is 329 g/mol. The number of sulfonamides is 1. The Hall–Kier alpha value is -1.47. The molecule has 0 aliphatic carbocycles. The van der Waals surface area contributed by atoms with Crippen LogP contribution < -0.4 is 4.72 Å². The Morgan fingerprint density at radius 2 is 1.86 bits per heavy atom. The normalized spacial score (nSPS) is 13.1. The average molecular weight is 344 g/mol. The van der Waals surface area contributed by atoms with Crippen molar-refractivity contribution in [2.24, 2.45) is 0 Å². The van der Waals surface area contributed by atoms with E-state index in [1.165, 1.54) is 19.1 Å². The monoisotopic (exact) mass is 343 g/mol. The molecule has 1 unspecified atom stereocenters. The fourth-order valence-corrected chi connectivity index (χ4v) is 3.11. The van der Waals surface area contributed by atoms with Gasteiger partial charge >= 0.3 is 0 Å². The zero-order chi connectivity index (χ0) is 16.3. The molecule has 1 atom stereocenters. The van der Waals surface area contributed by atoms with Crippen molar-refractivity contribution in [3.63, 3.8) is 0 Å². The van der Waals surface area contributed by atoms with Crippen LogP contribution in [-0.2, 0) is 10.0 Å². The topological polar surface area (TPSA) is 66.4 Å². The van der Waals surface area contributed by atoms with Gasteiger partial charge < -0.3 is 5.11 Å². The quantitative estimate of drug-likeness (QED) is 0.877. The van der Waals surface area contributed by atoms with Gasteiger partial charge in [0.05, 0.1) is 11.0 Å². The van der Waals surface area contributed by atoms with Crippen LogP contribution in [0, 0.1) is 12.7 Å². The van der Waals surface area contributed by atoms with Gasteiger partial charge in [0.2, 0.25) is 10.0 Å². The standard InChI is InChI=1S/C15H15ClFNO3S/c1-10-8-13(6-7-14(10)17)22(20,21)18-9-15(19)11-2-4-12(16)5-3-11/h2-8,15,18-19H,9H2,1H3. The van der Waals surface area contributed by atoms with Gasteiger partial charge in [-0.15, -0.1) is 0 Å². The molecule has 0 aromatic heterocycles. The third-order valence-corrected chi connectivity index (χ3v) is 4.83. The summed E-state index contributed by atoms with van der Waals surface area (Å²) in [6.07, 6.45) is -1.01. The van der Waals surface area contributed by atoms with E-state index in [0.717, 1.165) is 6.07 Å². The van der Waals surface area contributed by atoms with Crippen molar-refractivity contribution in [3.8, 4) is 0 Å². The first-order chi connectivity index (χ1) is 10.3. The first-order valence-electron chi connectivity index (χ1n) is 6.49. The second-order valence-electron chi connectivity index (χ2n) is 4.83. The van der Waals surface area contributed by atoms with Crippen LogP contribution in [0.3, 0.4) is 0 Å². The number of benzene rings is 2. The highest BCUT2D eigenvalue weighted by molar-refractivity contribution is 7.89. The van der Waals surface area contributed by atoms with Crippen LogP contribution in [-0.4, -0.2) is 20.1 Å². The van der Waals surface area contributed by atoms with Crippen molar-refractivity contribution in [3.05, 3.63) is 64.4 Å². The van der Waals surface area contributed by atoms with E-state index in [9.17, 15) is 17.9 Å². The van der Waals surface area contributed by atoms with E-state index >= 15 is 0 Å². The van der Waals surface area contributed by atoms with Crippen molar-refractivity contribution in [1.82, 2.24) is 4.72 Å². The molecule has 0 saturated carbocycles. The summed E-state index contributed by atoms with van der Waals surface area (Å²) in [6.45, 7) is 1.29. The van der Waals surface area contributed by atoms with E-state index in [1.807, 2.05) is 0 Å². The summed E-state index contributed by atoms with van der Waals surface area (Å²) in [6, 6.07) is 9.97. The third kappa shape index (κ3) is 4.04. The lowest BCUT2D eigenvalue weighted by molar-refractivity contribution is 0.182. The summed E-state index contributed by atoms with van der Waals surface area (Å²) in [5.74, 6) is -0.472. The summed E-state index contributed by atoms with van der Waals surface area (Å²) in [4.78, 5) is -0.0466. The molecule has 118 valence electrons. The molecule has 4 nitrogen and oxygen atoms in total. The number of aliphatic hydroxyl groups excluding tert-OH is 1. The maximum atomic E-state index is 13.2. The molecule has 0 fully saturated rings. The second kappa shape index (κ2) is 6.75. The Bertz CT molecular complexity index is 763. The van der Waals surface area contributed by atoms with Gasteiger partial charge in [-0.3, -0.25) is 0 Å². The van der Waals surface area contributed by atoms with Gasteiger partial charge in [0.25, 0.3) is 0 Å². The van der Waals surface area contributed by atoms with Crippen LogP contribution in [0.1, 0.15) is 17.2 Å². The van der Waals surface area contributed by atoms with E-state index in [0.29, 0.717) is 10.6 Å². The van der Waals surface area contributed by atoms with Gasteiger partial charge in [-0.2, -0.15) is 0 Å². The summed E-state index contributed by atoms with van der Waals surface area (Å²) < 4.78 is 39.7. The number of aryl methyl sites for hydroxylation is 1. The first-order valence-corrected chi connectivity index (χ1v) is 8.35. The lowest BCUT2D eigenvalue weighted by atomic mass is 10.1. The van der Waals surface area contributed by atoms with E-state index in [2.05, 4.69) is 4.72 Å².